The summed E-state index contributed by atoms with van der Waals surface area (Å²) in [5.41, 5.74) is 3.03. The topological polar surface area (TPSA) is 70.0 Å². The van der Waals surface area contributed by atoms with Gasteiger partial charge in [-0.2, -0.15) is 0 Å². The fourth-order valence-electron chi connectivity index (χ4n) is 3.52. The highest BCUT2D eigenvalue weighted by Gasteiger charge is 2.37. The molecule has 0 spiro atoms. The van der Waals surface area contributed by atoms with E-state index in [2.05, 4.69) is 4.90 Å². The number of hydrogen-bond donors (Lipinski definition) is 2. The molecule has 1 fully saturated rings. The molecule has 0 radical (unpaired) electrons. The predicted octanol–water partition coefficient (Wildman–Crippen LogP) is 1.89. The van der Waals surface area contributed by atoms with Crippen molar-refractivity contribution >= 4 is 5.97 Å². The van der Waals surface area contributed by atoms with Gasteiger partial charge < -0.3 is 14.9 Å². The van der Waals surface area contributed by atoms with Crippen molar-refractivity contribution in [3.63, 3.8) is 0 Å². The van der Waals surface area contributed by atoms with E-state index in [1.54, 1.807) is 0 Å². The second-order valence-electron chi connectivity index (χ2n) is 6.42. The molecule has 3 rings (SSSR count). The van der Waals surface area contributed by atoms with E-state index in [1.807, 2.05) is 26.0 Å². The van der Waals surface area contributed by atoms with E-state index in [1.165, 1.54) is 0 Å². The van der Waals surface area contributed by atoms with Crippen LogP contribution < -0.4 is 4.74 Å². The molecule has 0 aromatic heterocycles. The van der Waals surface area contributed by atoms with Gasteiger partial charge in [-0.15, -0.1) is 0 Å². The van der Waals surface area contributed by atoms with Crippen molar-refractivity contribution in [3.05, 3.63) is 28.8 Å². The first kappa shape index (κ1) is 15.3. The van der Waals surface area contributed by atoms with Gasteiger partial charge in [0.25, 0.3) is 0 Å². The molecule has 0 aliphatic carbocycles. The molecule has 5 heteroatoms. The Kier molecular flexibility index (Phi) is 4.10. The normalized spacial score (nSPS) is 28.8. The lowest BCUT2D eigenvalue weighted by molar-refractivity contribution is -0.144. The maximum absolute atomic E-state index is 11.2. The average molecular weight is 305 g/mol. The molecule has 0 bridgehead atoms. The van der Waals surface area contributed by atoms with Crippen LogP contribution in [0.2, 0.25) is 0 Å². The van der Waals surface area contributed by atoms with Crippen LogP contribution in [0.15, 0.2) is 12.1 Å². The summed E-state index contributed by atoms with van der Waals surface area (Å²) in [6, 6.07) is 3.75. The van der Waals surface area contributed by atoms with E-state index < -0.39 is 12.1 Å². The Morgan fingerprint density at radius 2 is 2.14 bits per heavy atom. The Labute approximate surface area is 130 Å². The molecule has 2 aliphatic heterocycles. The standard InChI is InChI=1S/C17H23NO4/c1-10-5-6-13-15(19)14(9-22-16(13)11(10)2)18-7-3-4-12(8-18)17(20)21/h5-6,12,14-15,19H,3-4,7-9H2,1-2H3,(H,20,21). The summed E-state index contributed by atoms with van der Waals surface area (Å²) < 4.78 is 5.92. The number of carboxylic acid groups (broad SMARTS) is 1. The first-order valence-electron chi connectivity index (χ1n) is 7.87. The van der Waals surface area contributed by atoms with Crippen molar-refractivity contribution in [3.8, 4) is 5.75 Å². The number of carboxylic acids is 1. The monoisotopic (exact) mass is 305 g/mol. The number of nitrogens with zero attached hydrogens (tertiary/aromatic N) is 1. The molecule has 0 saturated carbocycles. The Bertz CT molecular complexity index is 586. The third kappa shape index (κ3) is 2.59. The second-order valence-corrected chi connectivity index (χ2v) is 6.42. The number of benzene rings is 1. The lowest BCUT2D eigenvalue weighted by Gasteiger charge is -2.42. The average Bonchev–Trinajstić information content (AvgIpc) is 2.51. The zero-order valence-corrected chi connectivity index (χ0v) is 13.1. The number of aliphatic carboxylic acids is 1. The summed E-state index contributed by atoms with van der Waals surface area (Å²) >= 11 is 0. The van der Waals surface area contributed by atoms with E-state index in [-0.39, 0.29) is 12.0 Å². The minimum Gasteiger partial charge on any atom is -0.491 e. The number of aryl methyl sites for hydroxylation is 1. The molecule has 2 N–H and O–H groups in total. The number of aliphatic hydroxyl groups is 1. The molecule has 1 aromatic carbocycles. The number of rotatable bonds is 2. The number of ether oxygens (including phenoxy) is 1. The maximum atomic E-state index is 11.2. The minimum absolute atomic E-state index is 0.170. The van der Waals surface area contributed by atoms with Crippen LogP contribution in [0.5, 0.6) is 5.75 Å². The number of hydrogen-bond acceptors (Lipinski definition) is 4. The van der Waals surface area contributed by atoms with Gasteiger partial charge in [0.05, 0.1) is 12.0 Å². The number of carbonyl (C=O) groups is 1. The van der Waals surface area contributed by atoms with Crippen LogP contribution in [0.1, 0.15) is 35.6 Å². The Hall–Kier alpha value is -1.59. The summed E-state index contributed by atoms with van der Waals surface area (Å²) in [7, 11) is 0. The largest absolute Gasteiger partial charge is 0.491 e. The molecule has 1 aromatic rings. The van der Waals surface area contributed by atoms with Gasteiger partial charge in [0.15, 0.2) is 0 Å². The maximum Gasteiger partial charge on any atom is 0.307 e. The molecular formula is C17H23NO4. The van der Waals surface area contributed by atoms with E-state index in [4.69, 9.17) is 4.74 Å². The van der Waals surface area contributed by atoms with Crippen LogP contribution in [-0.4, -0.2) is 46.8 Å². The third-order valence-corrected chi connectivity index (χ3v) is 5.06. The second kappa shape index (κ2) is 5.89. The van der Waals surface area contributed by atoms with Gasteiger partial charge in [0, 0.05) is 12.1 Å². The van der Waals surface area contributed by atoms with Crippen molar-refractivity contribution < 1.29 is 19.7 Å². The molecule has 3 unspecified atom stereocenters. The summed E-state index contributed by atoms with van der Waals surface area (Å²) in [6.07, 6.45) is 0.931. The van der Waals surface area contributed by atoms with Gasteiger partial charge in [0.1, 0.15) is 18.5 Å². The Morgan fingerprint density at radius 1 is 1.36 bits per heavy atom. The molecule has 5 nitrogen and oxygen atoms in total. The van der Waals surface area contributed by atoms with Crippen molar-refractivity contribution in [2.24, 2.45) is 5.92 Å². The summed E-state index contributed by atoms with van der Waals surface area (Å²) in [4.78, 5) is 13.3. The Balaban J connectivity index is 1.82. The highest BCUT2D eigenvalue weighted by Crippen LogP contribution is 2.38. The summed E-state index contributed by atoms with van der Waals surface area (Å²) in [5, 5.41) is 20.0. The minimum atomic E-state index is -0.747. The van der Waals surface area contributed by atoms with Crippen LogP contribution in [0, 0.1) is 19.8 Å². The first-order valence-corrected chi connectivity index (χ1v) is 7.87. The van der Waals surface area contributed by atoms with Gasteiger partial charge in [-0.3, -0.25) is 9.69 Å². The molecule has 1 saturated heterocycles. The fourth-order valence-corrected chi connectivity index (χ4v) is 3.52. The quantitative estimate of drug-likeness (QED) is 0.873. The molecule has 3 atom stereocenters. The van der Waals surface area contributed by atoms with Crippen LogP contribution in [0.25, 0.3) is 0 Å². The first-order chi connectivity index (χ1) is 10.5. The van der Waals surface area contributed by atoms with Crippen molar-refractivity contribution in [2.45, 2.75) is 38.8 Å². The van der Waals surface area contributed by atoms with Gasteiger partial charge >= 0.3 is 5.97 Å². The van der Waals surface area contributed by atoms with Crippen molar-refractivity contribution in [1.82, 2.24) is 4.90 Å². The van der Waals surface area contributed by atoms with Crippen molar-refractivity contribution in [1.29, 1.82) is 0 Å². The van der Waals surface area contributed by atoms with Crippen molar-refractivity contribution in [2.75, 3.05) is 19.7 Å². The zero-order chi connectivity index (χ0) is 15.9. The van der Waals surface area contributed by atoms with E-state index in [9.17, 15) is 15.0 Å². The van der Waals surface area contributed by atoms with E-state index in [0.29, 0.717) is 19.6 Å². The zero-order valence-electron chi connectivity index (χ0n) is 13.1. The number of aliphatic hydroxyl groups excluding tert-OH is 1. The highest BCUT2D eigenvalue weighted by atomic mass is 16.5. The molecule has 0 amide bonds. The van der Waals surface area contributed by atoms with Crippen LogP contribution in [0.4, 0.5) is 0 Å². The van der Waals surface area contributed by atoms with Crippen LogP contribution in [-0.2, 0) is 4.79 Å². The van der Waals surface area contributed by atoms with Crippen LogP contribution in [0.3, 0.4) is 0 Å². The molecular weight excluding hydrogens is 282 g/mol. The summed E-state index contributed by atoms with van der Waals surface area (Å²) in [5.74, 6) is -0.305. The molecule has 22 heavy (non-hydrogen) atoms. The molecule has 120 valence electrons. The van der Waals surface area contributed by atoms with Gasteiger partial charge in [-0.1, -0.05) is 12.1 Å². The van der Waals surface area contributed by atoms with Gasteiger partial charge in [0.2, 0.25) is 0 Å². The molecule has 2 aliphatic rings. The lowest BCUT2D eigenvalue weighted by Crippen LogP contribution is -2.51. The SMILES string of the molecule is Cc1ccc2c(c1C)OCC(N1CCCC(C(=O)O)C1)C2O. The highest BCUT2D eigenvalue weighted by molar-refractivity contribution is 5.70. The van der Waals surface area contributed by atoms with Crippen LogP contribution >= 0.6 is 0 Å². The van der Waals surface area contributed by atoms with Gasteiger partial charge in [-0.25, -0.2) is 0 Å². The smallest absolute Gasteiger partial charge is 0.307 e. The number of piperidine rings is 1. The summed E-state index contributed by atoms with van der Waals surface area (Å²) in [6.45, 7) is 5.74. The number of fused-ring (bicyclic) bond motifs is 1. The fraction of sp³-hybridized carbons (Fsp3) is 0.588. The van der Waals surface area contributed by atoms with Gasteiger partial charge in [-0.05, 0) is 44.4 Å². The number of likely N-dealkylation sites (tertiary alicyclic amines) is 1. The Morgan fingerprint density at radius 3 is 2.86 bits per heavy atom. The predicted molar refractivity (Wildman–Crippen MR) is 82.1 cm³/mol. The van der Waals surface area contributed by atoms with E-state index >= 15 is 0 Å². The lowest BCUT2D eigenvalue weighted by atomic mass is 9.91. The molecule has 2 heterocycles. The van der Waals surface area contributed by atoms with E-state index in [0.717, 1.165) is 35.4 Å². The third-order valence-electron chi connectivity index (χ3n) is 5.06.